The van der Waals surface area contributed by atoms with E-state index in [2.05, 4.69) is 4.18 Å². The molecule has 0 saturated heterocycles. The van der Waals surface area contributed by atoms with Crippen molar-refractivity contribution in [3.63, 3.8) is 0 Å². The summed E-state index contributed by atoms with van der Waals surface area (Å²) in [5, 5.41) is 0. The zero-order valence-electron chi connectivity index (χ0n) is 9.20. The largest absolute Gasteiger partial charge is 1.00 e. The molecular formula is C9H14NO4S+. The normalized spacial score (nSPS) is 11.5. The zero-order valence-corrected chi connectivity index (χ0v) is 9.02. The Morgan fingerprint density at radius 3 is 2.47 bits per heavy atom. The van der Waals surface area contributed by atoms with E-state index < -0.39 is 10.4 Å². The summed E-state index contributed by atoms with van der Waals surface area (Å²) in [6.07, 6.45) is 5.16. The fourth-order valence-electron chi connectivity index (χ4n) is 1.14. The summed E-state index contributed by atoms with van der Waals surface area (Å²) < 4.78 is 36.3. The first-order valence-electron chi connectivity index (χ1n) is 4.62. The summed E-state index contributed by atoms with van der Waals surface area (Å²) in [7, 11) is -4.53. The minimum atomic E-state index is -4.53. The van der Waals surface area contributed by atoms with Gasteiger partial charge in [-0.1, -0.05) is 6.07 Å². The van der Waals surface area contributed by atoms with E-state index in [1.807, 2.05) is 35.2 Å². The van der Waals surface area contributed by atoms with Gasteiger partial charge in [0.1, 0.15) is 6.54 Å². The molecule has 0 aliphatic carbocycles. The maximum atomic E-state index is 10.1. The molecular weight excluding hydrogens is 218 g/mol. The topological polar surface area (TPSA) is 70.3 Å². The first kappa shape index (κ1) is 12.1. The summed E-state index contributed by atoms with van der Waals surface area (Å²) in [4.78, 5) is 0. The SMILES string of the molecule is O=S(=O)([O-])OCCCC[n+]1ccccc1.[H+]. The van der Waals surface area contributed by atoms with Gasteiger partial charge in [0.2, 0.25) is 10.4 Å². The highest BCUT2D eigenvalue weighted by atomic mass is 32.3. The number of unbranched alkanes of at least 4 members (excludes halogenated alkanes) is 1. The first-order valence-corrected chi connectivity index (χ1v) is 5.95. The standard InChI is InChI=1S/C9H13NO4S/c11-15(12,13)14-9-5-4-8-10-6-2-1-3-7-10/h1-3,6-7H,4-5,8-9H2/p+1. The minimum Gasteiger partial charge on any atom is -0.726 e. The zero-order chi connectivity index (χ0) is 11.1. The van der Waals surface area contributed by atoms with E-state index in [9.17, 15) is 13.0 Å². The molecule has 1 aromatic rings. The predicted octanol–water partition coefficient (Wildman–Crippen LogP) is 0.344. The van der Waals surface area contributed by atoms with Crippen molar-refractivity contribution in [1.29, 1.82) is 0 Å². The Morgan fingerprint density at radius 2 is 1.87 bits per heavy atom. The van der Waals surface area contributed by atoms with Gasteiger partial charge in [0.05, 0.1) is 6.61 Å². The van der Waals surface area contributed by atoms with Crippen LogP contribution in [0.4, 0.5) is 0 Å². The van der Waals surface area contributed by atoms with E-state index in [-0.39, 0.29) is 8.03 Å². The Hall–Kier alpha value is -0.980. The molecule has 0 fully saturated rings. The van der Waals surface area contributed by atoms with Gasteiger partial charge >= 0.3 is 1.43 Å². The maximum Gasteiger partial charge on any atom is 1.00 e. The third kappa shape index (κ3) is 6.16. The van der Waals surface area contributed by atoms with Gasteiger partial charge in [0.15, 0.2) is 12.4 Å². The van der Waals surface area contributed by atoms with Crippen molar-refractivity contribution in [2.24, 2.45) is 0 Å². The second-order valence-electron chi connectivity index (χ2n) is 3.05. The number of aryl methyl sites for hydroxylation is 1. The Bertz CT molecular complexity index is 382. The molecule has 0 aromatic carbocycles. The van der Waals surface area contributed by atoms with Crippen molar-refractivity contribution in [2.75, 3.05) is 6.61 Å². The molecule has 84 valence electrons. The molecule has 6 heteroatoms. The molecule has 1 rings (SSSR count). The van der Waals surface area contributed by atoms with E-state index in [1.54, 1.807) is 0 Å². The lowest BCUT2D eigenvalue weighted by Crippen LogP contribution is -2.32. The fourth-order valence-corrected chi connectivity index (χ4v) is 1.46. The summed E-state index contributed by atoms with van der Waals surface area (Å²) in [6, 6.07) is 5.75. The molecule has 15 heavy (non-hydrogen) atoms. The highest BCUT2D eigenvalue weighted by molar-refractivity contribution is 7.80. The Labute approximate surface area is 90.8 Å². The molecule has 0 N–H and O–H groups in total. The van der Waals surface area contributed by atoms with Crippen LogP contribution in [0.5, 0.6) is 0 Å². The summed E-state index contributed by atoms with van der Waals surface area (Å²) in [6.45, 7) is 0.738. The first-order chi connectivity index (χ1) is 7.08. The van der Waals surface area contributed by atoms with Crippen molar-refractivity contribution in [2.45, 2.75) is 19.4 Å². The van der Waals surface area contributed by atoms with Gasteiger partial charge in [0.25, 0.3) is 0 Å². The number of aromatic nitrogens is 1. The molecule has 1 aromatic heterocycles. The Balaban J connectivity index is 0.00000225. The lowest BCUT2D eigenvalue weighted by molar-refractivity contribution is -0.697. The van der Waals surface area contributed by atoms with Gasteiger partial charge < -0.3 is 4.55 Å². The average molecular weight is 232 g/mol. The van der Waals surface area contributed by atoms with Crippen molar-refractivity contribution < 1.29 is 23.1 Å². The molecule has 0 bridgehead atoms. The molecule has 1 heterocycles. The number of hydrogen-bond donors (Lipinski definition) is 0. The van der Waals surface area contributed by atoms with Crippen molar-refractivity contribution in [3.8, 4) is 0 Å². The van der Waals surface area contributed by atoms with Gasteiger partial charge in [-0.15, -0.1) is 0 Å². The minimum absolute atomic E-state index is 0. The molecule has 5 nitrogen and oxygen atoms in total. The summed E-state index contributed by atoms with van der Waals surface area (Å²) >= 11 is 0. The average Bonchev–Trinajstić information content (AvgIpc) is 2.17. The van der Waals surface area contributed by atoms with Crippen LogP contribution in [-0.4, -0.2) is 19.6 Å². The van der Waals surface area contributed by atoms with E-state index in [0.717, 1.165) is 13.0 Å². The molecule has 0 saturated carbocycles. The molecule has 0 aliphatic heterocycles. The monoisotopic (exact) mass is 232 g/mol. The van der Waals surface area contributed by atoms with Crippen LogP contribution >= 0.6 is 0 Å². The number of nitrogens with zero attached hydrogens (tertiary/aromatic N) is 1. The van der Waals surface area contributed by atoms with Crippen LogP contribution in [-0.2, 0) is 21.1 Å². The smallest absolute Gasteiger partial charge is 0.726 e. The molecule has 0 amide bonds. The summed E-state index contributed by atoms with van der Waals surface area (Å²) in [5.74, 6) is 0. The Morgan fingerprint density at radius 1 is 1.20 bits per heavy atom. The number of rotatable bonds is 6. The second-order valence-corrected chi connectivity index (χ2v) is 4.10. The third-order valence-corrected chi connectivity index (χ3v) is 2.27. The van der Waals surface area contributed by atoms with Gasteiger partial charge in [-0.05, 0) is 6.42 Å². The van der Waals surface area contributed by atoms with Crippen LogP contribution in [0.15, 0.2) is 30.6 Å². The van der Waals surface area contributed by atoms with E-state index >= 15 is 0 Å². The van der Waals surface area contributed by atoms with Crippen LogP contribution in [0.2, 0.25) is 0 Å². The maximum absolute atomic E-state index is 10.1. The van der Waals surface area contributed by atoms with Gasteiger partial charge in [-0.2, -0.15) is 0 Å². The van der Waals surface area contributed by atoms with Crippen molar-refractivity contribution in [3.05, 3.63) is 30.6 Å². The lowest BCUT2D eigenvalue weighted by atomic mass is 10.3. The second kappa shape index (κ2) is 5.79. The lowest BCUT2D eigenvalue weighted by Gasteiger charge is -2.05. The number of pyridine rings is 1. The van der Waals surface area contributed by atoms with Crippen molar-refractivity contribution >= 4 is 10.4 Å². The third-order valence-electron chi connectivity index (χ3n) is 1.82. The van der Waals surface area contributed by atoms with Crippen LogP contribution < -0.4 is 4.57 Å². The van der Waals surface area contributed by atoms with Gasteiger partial charge in [0, 0.05) is 18.6 Å². The van der Waals surface area contributed by atoms with Gasteiger partial charge in [-0.25, -0.2) is 13.0 Å². The van der Waals surface area contributed by atoms with Crippen LogP contribution in [0.1, 0.15) is 14.3 Å². The van der Waals surface area contributed by atoms with E-state index in [4.69, 9.17) is 0 Å². The van der Waals surface area contributed by atoms with E-state index in [1.165, 1.54) is 0 Å². The molecule has 0 unspecified atom stereocenters. The van der Waals surface area contributed by atoms with E-state index in [0.29, 0.717) is 6.42 Å². The highest BCUT2D eigenvalue weighted by Gasteiger charge is 1.99. The van der Waals surface area contributed by atoms with Crippen molar-refractivity contribution in [1.82, 2.24) is 0 Å². The Kier molecular flexibility index (Phi) is 4.67. The molecule has 0 radical (unpaired) electrons. The van der Waals surface area contributed by atoms with Gasteiger partial charge in [-0.3, -0.25) is 4.18 Å². The predicted molar refractivity (Wildman–Crippen MR) is 52.6 cm³/mol. The summed E-state index contributed by atoms with van der Waals surface area (Å²) in [5.41, 5.74) is 0. The van der Waals surface area contributed by atoms with Crippen LogP contribution in [0, 0.1) is 0 Å². The molecule has 0 atom stereocenters. The van der Waals surface area contributed by atoms with Crippen LogP contribution in [0.3, 0.4) is 0 Å². The highest BCUT2D eigenvalue weighted by Crippen LogP contribution is 1.93. The quantitative estimate of drug-likeness (QED) is 0.307. The number of hydrogen-bond acceptors (Lipinski definition) is 4. The molecule has 0 aliphatic rings. The molecule has 0 spiro atoms. The fraction of sp³-hybridized carbons (Fsp3) is 0.444. The van der Waals surface area contributed by atoms with Crippen LogP contribution in [0.25, 0.3) is 0 Å².